The van der Waals surface area contributed by atoms with E-state index in [2.05, 4.69) is 15.4 Å². The normalized spacial score (nSPS) is 31.0. The Balaban J connectivity index is 1.41. The SMILES string of the molecule is CC(C)(C)OC(=O)N[C@H]1CCCCCC=C[C@@H]2C[C@@]2(C(=O)NS(=O)(=O)C2(C)CC2)NC(=O)[C@@H]2C[C@@H](OC(=O)N3CCCC3)CN2C1=O. The van der Waals surface area contributed by atoms with Gasteiger partial charge in [0.25, 0.3) is 5.91 Å². The Labute approximate surface area is 276 Å². The van der Waals surface area contributed by atoms with Gasteiger partial charge in [-0.2, -0.15) is 0 Å². The van der Waals surface area contributed by atoms with Crippen LogP contribution in [0.1, 0.15) is 98.3 Å². The van der Waals surface area contributed by atoms with E-state index >= 15 is 0 Å². The van der Waals surface area contributed by atoms with Crippen molar-refractivity contribution >= 4 is 39.9 Å². The summed E-state index contributed by atoms with van der Waals surface area (Å²) < 4.78 is 38.4. The fourth-order valence-electron chi connectivity index (χ4n) is 6.51. The van der Waals surface area contributed by atoms with Gasteiger partial charge in [0, 0.05) is 25.4 Å². The molecule has 0 radical (unpaired) electrons. The molecule has 5 rings (SSSR count). The molecule has 0 aromatic rings. The Morgan fingerprint density at radius 2 is 1.74 bits per heavy atom. The first-order chi connectivity index (χ1) is 22.0. The maximum atomic E-state index is 14.2. The number of hydrogen-bond donors (Lipinski definition) is 3. The number of nitrogens with zero attached hydrogens (tertiary/aromatic N) is 2. The topological polar surface area (TPSA) is 181 Å². The number of nitrogens with one attached hydrogen (secondary N) is 3. The van der Waals surface area contributed by atoms with Gasteiger partial charge in [0.1, 0.15) is 29.3 Å². The molecule has 15 heteroatoms. The number of carbonyl (C=O) groups is 5. The second-order valence-electron chi connectivity index (χ2n) is 14.9. The standard InChI is InChI=1S/C32H49N5O9S/c1-30(2,3)46-28(41)33-23-13-9-7-5-6-8-12-21-19-32(21,27(40)35-47(43,44)31(4)14-15-31)34-25(38)24-18-22(20-37(24)26(23)39)45-29(42)36-16-10-11-17-36/h8,12,21-24H,5-7,9-11,13-20H2,1-4H3,(H,33,41)(H,34,38)(H,35,40)/t21-,22-,23+,24+,32-/m1/s1. The first-order valence-electron chi connectivity index (χ1n) is 16.8. The lowest BCUT2D eigenvalue weighted by molar-refractivity contribution is -0.141. The van der Waals surface area contributed by atoms with Gasteiger partial charge >= 0.3 is 12.2 Å². The molecule has 3 N–H and O–H groups in total. The minimum atomic E-state index is -3.97. The molecular formula is C32H49N5O9S. The maximum Gasteiger partial charge on any atom is 0.410 e. The first kappa shape index (κ1) is 35.0. The molecule has 0 spiro atoms. The molecule has 47 heavy (non-hydrogen) atoms. The number of carbonyl (C=O) groups excluding carboxylic acids is 5. The molecule has 0 unspecified atom stereocenters. The molecule has 3 aliphatic heterocycles. The predicted molar refractivity (Wildman–Crippen MR) is 170 cm³/mol. The summed E-state index contributed by atoms with van der Waals surface area (Å²) in [6.07, 6.45) is 7.61. The Morgan fingerprint density at radius 3 is 2.40 bits per heavy atom. The number of amides is 5. The van der Waals surface area contributed by atoms with Crippen molar-refractivity contribution in [3.8, 4) is 0 Å². The maximum absolute atomic E-state index is 14.2. The van der Waals surface area contributed by atoms with E-state index in [-0.39, 0.29) is 19.4 Å². The Hall–Kier alpha value is -3.36. The van der Waals surface area contributed by atoms with E-state index in [1.165, 1.54) is 4.90 Å². The van der Waals surface area contributed by atoms with E-state index in [0.29, 0.717) is 45.2 Å². The third kappa shape index (κ3) is 8.03. The quantitative estimate of drug-likeness (QED) is 0.368. The van der Waals surface area contributed by atoms with Crippen molar-refractivity contribution in [1.82, 2.24) is 25.2 Å². The van der Waals surface area contributed by atoms with Gasteiger partial charge < -0.3 is 29.9 Å². The van der Waals surface area contributed by atoms with Crippen LogP contribution in [0.5, 0.6) is 0 Å². The van der Waals surface area contributed by atoms with Crippen LogP contribution in [0.4, 0.5) is 9.59 Å². The van der Waals surface area contributed by atoms with Gasteiger partial charge in [-0.15, -0.1) is 0 Å². The van der Waals surface area contributed by atoms with Crippen LogP contribution in [-0.2, 0) is 33.9 Å². The van der Waals surface area contributed by atoms with Crippen LogP contribution in [0.25, 0.3) is 0 Å². The molecular weight excluding hydrogens is 630 g/mol. The van der Waals surface area contributed by atoms with E-state index in [4.69, 9.17) is 9.47 Å². The monoisotopic (exact) mass is 679 g/mol. The highest BCUT2D eigenvalue weighted by Crippen LogP contribution is 2.47. The average Bonchev–Trinajstić information content (AvgIpc) is 3.72. The van der Waals surface area contributed by atoms with Crippen molar-refractivity contribution in [2.24, 2.45) is 5.92 Å². The minimum Gasteiger partial charge on any atom is -0.444 e. The van der Waals surface area contributed by atoms with Crippen LogP contribution in [0.15, 0.2) is 12.2 Å². The van der Waals surface area contributed by atoms with Gasteiger partial charge in [-0.3, -0.25) is 19.1 Å². The van der Waals surface area contributed by atoms with Gasteiger partial charge in [-0.05, 0) is 79.1 Å². The smallest absolute Gasteiger partial charge is 0.410 e. The summed E-state index contributed by atoms with van der Waals surface area (Å²) in [5, 5.41) is 5.50. The molecule has 4 fully saturated rings. The molecule has 5 aliphatic rings. The number of likely N-dealkylation sites (tertiary alicyclic amines) is 1. The Kier molecular flexibility index (Phi) is 9.87. The molecule has 5 amide bonds. The summed E-state index contributed by atoms with van der Waals surface area (Å²) in [5.41, 5.74) is -2.32. The zero-order valence-electron chi connectivity index (χ0n) is 27.8. The highest BCUT2D eigenvalue weighted by molar-refractivity contribution is 7.91. The number of sulfonamides is 1. The second kappa shape index (κ2) is 13.3. The summed E-state index contributed by atoms with van der Waals surface area (Å²) >= 11 is 0. The van der Waals surface area contributed by atoms with Crippen LogP contribution in [0.3, 0.4) is 0 Å². The predicted octanol–water partition coefficient (Wildman–Crippen LogP) is 2.48. The molecule has 2 aliphatic carbocycles. The summed E-state index contributed by atoms with van der Waals surface area (Å²) in [5.74, 6) is -2.44. The van der Waals surface area contributed by atoms with Gasteiger partial charge in [0.2, 0.25) is 21.8 Å². The molecule has 14 nitrogen and oxygen atoms in total. The van der Waals surface area contributed by atoms with Gasteiger partial charge in [0.15, 0.2) is 0 Å². The first-order valence-corrected chi connectivity index (χ1v) is 18.3. The Bertz CT molecular complexity index is 1400. The van der Waals surface area contributed by atoms with Gasteiger partial charge in [0.05, 0.1) is 11.3 Å². The minimum absolute atomic E-state index is 0.0229. The summed E-state index contributed by atoms with van der Waals surface area (Å²) in [7, 11) is -3.97. The molecule has 2 saturated carbocycles. The summed E-state index contributed by atoms with van der Waals surface area (Å²) in [6, 6.07) is -2.15. The van der Waals surface area contributed by atoms with Gasteiger partial charge in [-0.25, -0.2) is 18.0 Å². The largest absolute Gasteiger partial charge is 0.444 e. The van der Waals surface area contributed by atoms with Crippen molar-refractivity contribution in [3.63, 3.8) is 0 Å². The zero-order chi connectivity index (χ0) is 34.2. The summed E-state index contributed by atoms with van der Waals surface area (Å²) in [6.45, 7) is 7.76. The number of ether oxygens (including phenoxy) is 2. The Morgan fingerprint density at radius 1 is 1.04 bits per heavy atom. The lowest BCUT2D eigenvalue weighted by Gasteiger charge is -2.30. The molecule has 0 aromatic carbocycles. The second-order valence-corrected chi connectivity index (χ2v) is 17.1. The number of hydrogen-bond acceptors (Lipinski definition) is 9. The lowest BCUT2D eigenvalue weighted by Crippen LogP contribution is -2.58. The van der Waals surface area contributed by atoms with Crippen LogP contribution in [-0.4, -0.2) is 102 Å². The van der Waals surface area contributed by atoms with E-state index in [9.17, 15) is 32.4 Å². The number of alkyl carbamates (subject to hydrolysis) is 1. The number of allylic oxidation sites excluding steroid dienone is 1. The fourth-order valence-corrected chi connectivity index (χ4v) is 7.83. The third-order valence-electron chi connectivity index (χ3n) is 9.80. The zero-order valence-corrected chi connectivity index (χ0v) is 28.7. The third-order valence-corrected chi connectivity index (χ3v) is 12.0. The highest BCUT2D eigenvalue weighted by atomic mass is 32.2. The van der Waals surface area contributed by atoms with E-state index < -0.39 is 79.9 Å². The molecule has 2 saturated heterocycles. The molecule has 262 valence electrons. The van der Waals surface area contributed by atoms with E-state index in [1.54, 1.807) is 32.6 Å². The fraction of sp³-hybridized carbons (Fsp3) is 0.781. The molecule has 3 heterocycles. The lowest BCUT2D eigenvalue weighted by atomic mass is 10.0. The summed E-state index contributed by atoms with van der Waals surface area (Å²) in [4.78, 5) is 70.5. The van der Waals surface area contributed by atoms with Crippen LogP contribution >= 0.6 is 0 Å². The van der Waals surface area contributed by atoms with Crippen molar-refractivity contribution in [3.05, 3.63) is 12.2 Å². The average molecular weight is 680 g/mol. The van der Waals surface area contributed by atoms with Crippen molar-refractivity contribution in [2.75, 3.05) is 19.6 Å². The van der Waals surface area contributed by atoms with E-state index in [1.807, 2.05) is 12.2 Å². The van der Waals surface area contributed by atoms with Gasteiger partial charge in [-0.1, -0.05) is 25.0 Å². The molecule has 0 bridgehead atoms. The van der Waals surface area contributed by atoms with Crippen LogP contribution in [0, 0.1) is 5.92 Å². The molecule has 5 atom stereocenters. The number of rotatable bonds is 5. The van der Waals surface area contributed by atoms with Crippen LogP contribution < -0.4 is 15.4 Å². The molecule has 0 aromatic heterocycles. The van der Waals surface area contributed by atoms with Crippen LogP contribution in [0.2, 0.25) is 0 Å². The van der Waals surface area contributed by atoms with Crippen molar-refractivity contribution in [2.45, 2.75) is 132 Å². The highest BCUT2D eigenvalue weighted by Gasteiger charge is 2.63. The van der Waals surface area contributed by atoms with E-state index in [0.717, 1.165) is 25.7 Å². The van der Waals surface area contributed by atoms with Crippen molar-refractivity contribution < 1.29 is 41.9 Å². The van der Waals surface area contributed by atoms with Crippen molar-refractivity contribution in [1.29, 1.82) is 0 Å². The number of fused-ring (bicyclic) bond motifs is 2.